The number of carbonyl (C=O) groups is 1. The molecular weight excluding hydrogens is 522 g/mol. The number of anilines is 1. The van der Waals surface area contributed by atoms with E-state index in [1.54, 1.807) is 42.5 Å². The smallest absolute Gasteiger partial charge is 0.264 e. The fraction of sp³-hybridized carbons (Fsp3) is 0.286. The first-order valence-electron chi connectivity index (χ1n) is 12.3. The van der Waals surface area contributed by atoms with Crippen molar-refractivity contribution in [3.05, 3.63) is 71.8 Å². The zero-order valence-electron chi connectivity index (χ0n) is 22.6. The summed E-state index contributed by atoms with van der Waals surface area (Å²) in [6.45, 7) is 6.02. The lowest BCUT2D eigenvalue weighted by atomic mass is 10.2. The Labute approximate surface area is 229 Å². The highest BCUT2D eigenvalue weighted by Crippen LogP contribution is 2.34. The molecule has 0 aliphatic heterocycles. The number of hydrogen-bond acceptors (Lipinski definition) is 8. The summed E-state index contributed by atoms with van der Waals surface area (Å²) in [4.78, 5) is 12.9. The van der Waals surface area contributed by atoms with Crippen LogP contribution < -0.4 is 28.7 Å². The molecule has 0 saturated carbocycles. The Morgan fingerprint density at radius 3 is 2.15 bits per heavy atom. The first-order valence-corrected chi connectivity index (χ1v) is 13.7. The van der Waals surface area contributed by atoms with Crippen molar-refractivity contribution in [2.75, 3.05) is 38.3 Å². The topological polar surface area (TPSA) is 116 Å². The van der Waals surface area contributed by atoms with E-state index in [0.717, 1.165) is 9.87 Å². The largest absolute Gasteiger partial charge is 0.493 e. The van der Waals surface area contributed by atoms with E-state index in [-0.39, 0.29) is 10.6 Å². The second kappa shape index (κ2) is 13.5. The van der Waals surface area contributed by atoms with Gasteiger partial charge in [0.25, 0.3) is 15.9 Å². The lowest BCUT2D eigenvalue weighted by molar-refractivity contribution is -0.119. The van der Waals surface area contributed by atoms with Crippen molar-refractivity contribution in [3.8, 4) is 23.0 Å². The summed E-state index contributed by atoms with van der Waals surface area (Å²) in [5, 5.41) is 4.01. The van der Waals surface area contributed by atoms with Gasteiger partial charge in [0.15, 0.2) is 23.0 Å². The van der Waals surface area contributed by atoms with Crippen molar-refractivity contribution in [1.29, 1.82) is 0 Å². The molecule has 0 atom stereocenters. The van der Waals surface area contributed by atoms with Crippen LogP contribution in [0.3, 0.4) is 0 Å². The van der Waals surface area contributed by atoms with Crippen LogP contribution in [0.4, 0.5) is 5.69 Å². The van der Waals surface area contributed by atoms with Gasteiger partial charge in [-0.1, -0.05) is 17.7 Å². The maximum Gasteiger partial charge on any atom is 0.264 e. The Hall–Kier alpha value is -4.25. The van der Waals surface area contributed by atoms with Crippen LogP contribution in [0.5, 0.6) is 23.0 Å². The average molecular weight is 556 g/mol. The lowest BCUT2D eigenvalue weighted by Gasteiger charge is -2.24. The van der Waals surface area contributed by atoms with Crippen molar-refractivity contribution in [2.45, 2.75) is 25.7 Å². The van der Waals surface area contributed by atoms with Gasteiger partial charge in [-0.3, -0.25) is 9.10 Å². The average Bonchev–Trinajstić information content (AvgIpc) is 2.93. The summed E-state index contributed by atoms with van der Waals surface area (Å²) >= 11 is 0. The monoisotopic (exact) mass is 555 g/mol. The Balaban J connectivity index is 1.86. The van der Waals surface area contributed by atoms with Gasteiger partial charge in [-0.25, -0.2) is 13.8 Å². The first-order chi connectivity index (χ1) is 18.7. The van der Waals surface area contributed by atoms with Crippen LogP contribution in [-0.2, 0) is 14.8 Å². The molecule has 3 rings (SSSR count). The normalized spacial score (nSPS) is 11.2. The number of rotatable bonds is 13. The van der Waals surface area contributed by atoms with E-state index in [4.69, 9.17) is 18.9 Å². The number of hydrazone groups is 1. The summed E-state index contributed by atoms with van der Waals surface area (Å²) in [7, 11) is -1.19. The molecule has 11 heteroatoms. The minimum absolute atomic E-state index is 0.0389. The zero-order chi connectivity index (χ0) is 28.4. The third-order valence-electron chi connectivity index (χ3n) is 5.52. The Morgan fingerprint density at radius 1 is 0.872 bits per heavy atom. The molecule has 0 saturated heterocycles. The molecule has 0 aliphatic carbocycles. The SMILES string of the molecule is CCOc1ccc(/C=N\NC(=O)CN(c2ccc(OC)c(OC)c2)S(=O)(=O)c2ccc(C)cc2)cc1OCC. The molecule has 1 amide bonds. The summed E-state index contributed by atoms with van der Waals surface area (Å²) < 4.78 is 50.0. The highest BCUT2D eigenvalue weighted by atomic mass is 32.2. The Kier molecular flexibility index (Phi) is 10.2. The molecule has 0 radical (unpaired) electrons. The highest BCUT2D eigenvalue weighted by molar-refractivity contribution is 7.92. The van der Waals surface area contributed by atoms with Crippen molar-refractivity contribution < 1.29 is 32.2 Å². The maximum atomic E-state index is 13.6. The van der Waals surface area contributed by atoms with E-state index in [1.165, 1.54) is 38.6 Å². The summed E-state index contributed by atoms with van der Waals surface area (Å²) in [5.74, 6) is 1.25. The fourth-order valence-corrected chi connectivity index (χ4v) is 5.04. The molecule has 0 heterocycles. The van der Waals surface area contributed by atoms with Crippen LogP contribution in [0.15, 0.2) is 70.7 Å². The van der Waals surface area contributed by atoms with Gasteiger partial charge in [0.1, 0.15) is 6.54 Å². The molecule has 3 aromatic carbocycles. The van der Waals surface area contributed by atoms with Crippen LogP contribution in [0.25, 0.3) is 0 Å². The molecule has 0 bridgehead atoms. The quantitative estimate of drug-likeness (QED) is 0.249. The third kappa shape index (κ3) is 7.41. The molecule has 208 valence electrons. The summed E-state index contributed by atoms with van der Waals surface area (Å²) in [6, 6.07) is 16.2. The second-order valence-corrected chi connectivity index (χ2v) is 10.1. The summed E-state index contributed by atoms with van der Waals surface area (Å²) in [6.07, 6.45) is 1.44. The minimum atomic E-state index is -4.12. The van der Waals surface area contributed by atoms with Gasteiger partial charge in [0.05, 0.1) is 44.2 Å². The van der Waals surface area contributed by atoms with Gasteiger partial charge in [0.2, 0.25) is 0 Å². The van der Waals surface area contributed by atoms with Crippen LogP contribution in [-0.4, -0.2) is 54.5 Å². The van der Waals surface area contributed by atoms with Crippen LogP contribution in [0.1, 0.15) is 25.0 Å². The molecule has 1 N–H and O–H groups in total. The minimum Gasteiger partial charge on any atom is -0.493 e. The first kappa shape index (κ1) is 29.3. The lowest BCUT2D eigenvalue weighted by Crippen LogP contribution is -2.39. The number of ether oxygens (including phenoxy) is 4. The van der Waals surface area contributed by atoms with Gasteiger partial charge in [-0.15, -0.1) is 0 Å². The number of sulfonamides is 1. The molecular formula is C28H33N3O7S. The number of nitrogens with one attached hydrogen (secondary N) is 1. The van der Waals surface area contributed by atoms with E-state index in [1.807, 2.05) is 20.8 Å². The number of amides is 1. The van der Waals surface area contributed by atoms with Gasteiger partial charge in [-0.05, 0) is 68.8 Å². The number of nitrogens with zero attached hydrogens (tertiary/aromatic N) is 2. The highest BCUT2D eigenvalue weighted by Gasteiger charge is 2.28. The van der Waals surface area contributed by atoms with Crippen molar-refractivity contribution in [2.24, 2.45) is 5.10 Å². The van der Waals surface area contributed by atoms with E-state index >= 15 is 0 Å². The van der Waals surface area contributed by atoms with E-state index < -0.39 is 22.5 Å². The number of hydrogen-bond donors (Lipinski definition) is 1. The Morgan fingerprint density at radius 2 is 1.51 bits per heavy atom. The number of carbonyl (C=O) groups excluding carboxylic acids is 1. The molecule has 0 unspecified atom stereocenters. The summed E-state index contributed by atoms with van der Waals surface area (Å²) in [5.41, 5.74) is 4.19. The van der Waals surface area contributed by atoms with E-state index in [9.17, 15) is 13.2 Å². The Bertz CT molecular complexity index is 1410. The molecule has 0 aliphatic rings. The molecule has 0 spiro atoms. The zero-order valence-corrected chi connectivity index (χ0v) is 23.4. The van der Waals surface area contributed by atoms with Crippen molar-refractivity contribution in [1.82, 2.24) is 5.43 Å². The standard InChI is InChI=1S/C28H33N3O7S/c1-6-37-25-14-10-21(16-27(25)38-7-2)18-29-30-28(32)19-31(22-11-15-24(35-4)26(17-22)36-5)39(33,34)23-12-8-20(3)9-13-23/h8-18H,6-7,19H2,1-5H3,(H,30,32)/b29-18-. The van der Waals surface area contributed by atoms with Crippen LogP contribution >= 0.6 is 0 Å². The maximum absolute atomic E-state index is 13.6. The molecule has 3 aromatic rings. The molecule has 10 nitrogen and oxygen atoms in total. The van der Waals surface area contributed by atoms with Gasteiger partial charge in [0, 0.05) is 6.07 Å². The predicted molar refractivity (Wildman–Crippen MR) is 150 cm³/mol. The number of benzene rings is 3. The molecule has 39 heavy (non-hydrogen) atoms. The van der Waals surface area contributed by atoms with Crippen LogP contribution in [0, 0.1) is 6.92 Å². The predicted octanol–water partition coefficient (Wildman–Crippen LogP) is 4.16. The van der Waals surface area contributed by atoms with Crippen molar-refractivity contribution >= 4 is 27.8 Å². The van der Waals surface area contributed by atoms with E-state index in [2.05, 4.69) is 10.5 Å². The van der Waals surface area contributed by atoms with Gasteiger partial charge >= 0.3 is 0 Å². The number of aryl methyl sites for hydroxylation is 1. The molecule has 0 fully saturated rings. The van der Waals surface area contributed by atoms with Crippen LogP contribution in [0.2, 0.25) is 0 Å². The molecule has 0 aromatic heterocycles. The fourth-order valence-electron chi connectivity index (χ4n) is 3.63. The van der Waals surface area contributed by atoms with Crippen molar-refractivity contribution in [3.63, 3.8) is 0 Å². The third-order valence-corrected chi connectivity index (χ3v) is 7.31. The van der Waals surface area contributed by atoms with Gasteiger partial charge in [-0.2, -0.15) is 5.10 Å². The second-order valence-electron chi connectivity index (χ2n) is 8.23. The van der Waals surface area contributed by atoms with E-state index in [0.29, 0.717) is 41.8 Å². The van der Waals surface area contributed by atoms with Gasteiger partial charge < -0.3 is 18.9 Å². The number of methoxy groups -OCH3 is 2.